The molecule has 0 atom stereocenters. The third-order valence-electron chi connectivity index (χ3n) is 7.19. The number of allylic oxidation sites excluding steroid dienone is 2. The van der Waals surface area contributed by atoms with Gasteiger partial charge in [0.15, 0.2) is 0 Å². The Morgan fingerprint density at radius 1 is 0.600 bits per heavy atom. The van der Waals surface area contributed by atoms with Crippen molar-refractivity contribution in [3.8, 4) is 0 Å². The predicted molar refractivity (Wildman–Crippen MR) is 113 cm³/mol. The molecule has 2 fully saturated rings. The molecule has 0 N–H and O–H groups in total. The average molecular weight is 347 g/mol. The van der Waals surface area contributed by atoms with Crippen LogP contribution in [0.5, 0.6) is 0 Å². The molecule has 0 bridgehead atoms. The van der Waals surface area contributed by atoms with Gasteiger partial charge in [-0.2, -0.15) is 0 Å². The van der Waals surface area contributed by atoms with Crippen molar-refractivity contribution in [3.05, 3.63) is 12.2 Å². The Bertz CT molecular complexity index is 326. The van der Waals surface area contributed by atoms with Gasteiger partial charge in [0.25, 0.3) is 0 Å². The van der Waals surface area contributed by atoms with Crippen LogP contribution in [0.25, 0.3) is 0 Å². The van der Waals surface area contributed by atoms with Crippen molar-refractivity contribution in [2.24, 2.45) is 23.7 Å². The van der Waals surface area contributed by atoms with Gasteiger partial charge < -0.3 is 0 Å². The quantitative estimate of drug-likeness (QED) is 0.259. The fraction of sp³-hybridized carbons (Fsp3) is 0.920. The highest BCUT2D eigenvalue weighted by Crippen LogP contribution is 2.36. The molecular weight excluding hydrogens is 300 g/mol. The molecule has 25 heavy (non-hydrogen) atoms. The molecule has 2 aliphatic carbocycles. The van der Waals surface area contributed by atoms with Crippen LogP contribution >= 0.6 is 0 Å². The molecular formula is C25H46. The largest absolute Gasteiger partial charge is 0.0885 e. The van der Waals surface area contributed by atoms with Crippen LogP contribution in [0, 0.1) is 23.7 Å². The standard InChI is InChI=1S/C25H46/c1-3-5-7-11-23-18-20-25(21-19-23)13-9-8-12-24-16-14-22(15-17-24)10-6-4-2/h6,10,22-25H,3-5,7-9,11-21H2,1-2H3. The normalized spacial score (nSPS) is 30.8. The van der Waals surface area contributed by atoms with Crippen molar-refractivity contribution in [1.29, 1.82) is 0 Å². The van der Waals surface area contributed by atoms with Gasteiger partial charge in [-0.3, -0.25) is 0 Å². The van der Waals surface area contributed by atoms with Gasteiger partial charge in [-0.1, -0.05) is 103 Å². The second-order valence-corrected chi connectivity index (χ2v) is 9.28. The molecule has 0 heteroatoms. The Hall–Kier alpha value is -0.260. The second-order valence-electron chi connectivity index (χ2n) is 9.28. The van der Waals surface area contributed by atoms with Gasteiger partial charge in [0, 0.05) is 0 Å². The average Bonchev–Trinajstić information content (AvgIpc) is 2.66. The zero-order chi connectivity index (χ0) is 17.7. The summed E-state index contributed by atoms with van der Waals surface area (Å²) in [6.07, 6.45) is 30.1. The second kappa shape index (κ2) is 13.0. The zero-order valence-corrected chi connectivity index (χ0v) is 17.5. The van der Waals surface area contributed by atoms with E-state index in [4.69, 9.17) is 0 Å². The van der Waals surface area contributed by atoms with E-state index in [1.54, 1.807) is 25.7 Å². The van der Waals surface area contributed by atoms with E-state index in [-0.39, 0.29) is 0 Å². The molecule has 0 radical (unpaired) electrons. The first-order valence-electron chi connectivity index (χ1n) is 12.0. The number of rotatable bonds is 11. The maximum Gasteiger partial charge on any atom is -0.0233 e. The van der Waals surface area contributed by atoms with E-state index in [0.717, 1.165) is 23.7 Å². The fourth-order valence-electron chi connectivity index (χ4n) is 5.36. The minimum absolute atomic E-state index is 0.906. The van der Waals surface area contributed by atoms with E-state index in [1.807, 2.05) is 0 Å². The molecule has 2 rings (SSSR count). The van der Waals surface area contributed by atoms with Crippen LogP contribution in [0.2, 0.25) is 0 Å². The van der Waals surface area contributed by atoms with E-state index in [0.29, 0.717) is 0 Å². The molecule has 0 spiro atoms. The third kappa shape index (κ3) is 8.78. The Morgan fingerprint density at radius 2 is 1.04 bits per heavy atom. The van der Waals surface area contributed by atoms with Gasteiger partial charge in [-0.25, -0.2) is 0 Å². The summed E-state index contributed by atoms with van der Waals surface area (Å²) in [5, 5.41) is 0. The van der Waals surface area contributed by atoms with Gasteiger partial charge >= 0.3 is 0 Å². The molecule has 0 aromatic heterocycles. The first-order chi connectivity index (χ1) is 12.3. The van der Waals surface area contributed by atoms with Crippen molar-refractivity contribution in [1.82, 2.24) is 0 Å². The molecule has 2 aliphatic rings. The molecule has 146 valence electrons. The minimum atomic E-state index is 0.906. The lowest BCUT2D eigenvalue weighted by molar-refractivity contribution is 0.239. The van der Waals surface area contributed by atoms with Crippen LogP contribution in [0.15, 0.2) is 12.2 Å². The van der Waals surface area contributed by atoms with Gasteiger partial charge in [0.1, 0.15) is 0 Å². The van der Waals surface area contributed by atoms with Crippen LogP contribution in [-0.4, -0.2) is 0 Å². The maximum atomic E-state index is 2.49. The molecule has 0 amide bonds. The maximum absolute atomic E-state index is 2.49. The highest BCUT2D eigenvalue weighted by Gasteiger charge is 2.21. The zero-order valence-electron chi connectivity index (χ0n) is 17.5. The van der Waals surface area contributed by atoms with Crippen LogP contribution in [0.1, 0.15) is 123 Å². The van der Waals surface area contributed by atoms with Crippen LogP contribution in [-0.2, 0) is 0 Å². The molecule has 0 aromatic rings. The summed E-state index contributed by atoms with van der Waals surface area (Å²) in [7, 11) is 0. The lowest BCUT2D eigenvalue weighted by Gasteiger charge is -2.29. The van der Waals surface area contributed by atoms with Crippen molar-refractivity contribution in [2.45, 2.75) is 123 Å². The Balaban J connectivity index is 1.46. The van der Waals surface area contributed by atoms with E-state index in [2.05, 4.69) is 26.0 Å². The van der Waals surface area contributed by atoms with E-state index < -0.39 is 0 Å². The smallest absolute Gasteiger partial charge is 0.0233 e. The molecule has 2 saturated carbocycles. The van der Waals surface area contributed by atoms with E-state index in [1.165, 1.54) is 83.5 Å². The molecule has 0 unspecified atom stereocenters. The first-order valence-corrected chi connectivity index (χ1v) is 12.0. The summed E-state index contributed by atoms with van der Waals surface area (Å²) in [6.45, 7) is 4.58. The van der Waals surface area contributed by atoms with E-state index >= 15 is 0 Å². The Labute approximate surface area is 159 Å². The van der Waals surface area contributed by atoms with Crippen molar-refractivity contribution < 1.29 is 0 Å². The topological polar surface area (TPSA) is 0 Å². The summed E-state index contributed by atoms with van der Waals surface area (Å²) >= 11 is 0. The lowest BCUT2D eigenvalue weighted by Crippen LogP contribution is -2.15. The van der Waals surface area contributed by atoms with Gasteiger partial charge in [0.2, 0.25) is 0 Å². The molecule has 0 heterocycles. The van der Waals surface area contributed by atoms with Crippen molar-refractivity contribution in [2.75, 3.05) is 0 Å². The molecule has 0 aliphatic heterocycles. The van der Waals surface area contributed by atoms with Crippen LogP contribution < -0.4 is 0 Å². The monoisotopic (exact) mass is 346 g/mol. The molecule has 0 nitrogen and oxygen atoms in total. The Morgan fingerprint density at radius 3 is 1.48 bits per heavy atom. The summed E-state index contributed by atoms with van der Waals surface area (Å²) in [4.78, 5) is 0. The van der Waals surface area contributed by atoms with Crippen molar-refractivity contribution in [3.63, 3.8) is 0 Å². The first kappa shape index (κ1) is 21.0. The summed E-state index contributed by atoms with van der Waals surface area (Å²) in [6, 6.07) is 0. The third-order valence-corrected chi connectivity index (χ3v) is 7.19. The lowest BCUT2D eigenvalue weighted by atomic mass is 9.77. The predicted octanol–water partition coefficient (Wildman–Crippen LogP) is 8.71. The summed E-state index contributed by atoms with van der Waals surface area (Å²) in [5.41, 5.74) is 0. The van der Waals surface area contributed by atoms with Gasteiger partial charge in [-0.15, -0.1) is 0 Å². The Kier molecular flexibility index (Phi) is 10.9. The number of hydrogen-bond donors (Lipinski definition) is 0. The van der Waals surface area contributed by atoms with Gasteiger partial charge in [-0.05, 0) is 55.8 Å². The highest BCUT2D eigenvalue weighted by molar-refractivity contribution is 4.90. The number of hydrogen-bond acceptors (Lipinski definition) is 0. The highest BCUT2D eigenvalue weighted by atomic mass is 14.3. The SMILES string of the molecule is CCC=CC1CCC(CCCCC2CCC(CCCCC)CC2)CC1. The van der Waals surface area contributed by atoms with Gasteiger partial charge in [0.05, 0.1) is 0 Å². The van der Waals surface area contributed by atoms with Crippen molar-refractivity contribution >= 4 is 0 Å². The van der Waals surface area contributed by atoms with Crippen LogP contribution in [0.3, 0.4) is 0 Å². The fourth-order valence-corrected chi connectivity index (χ4v) is 5.36. The minimum Gasteiger partial charge on any atom is -0.0885 e. The summed E-state index contributed by atoms with van der Waals surface area (Å²) < 4.78 is 0. The number of unbranched alkanes of at least 4 members (excludes halogenated alkanes) is 3. The van der Waals surface area contributed by atoms with Crippen LogP contribution in [0.4, 0.5) is 0 Å². The molecule has 0 aromatic carbocycles. The molecule has 0 saturated heterocycles. The summed E-state index contributed by atoms with van der Waals surface area (Å²) in [5.74, 6) is 4.13. The van der Waals surface area contributed by atoms with E-state index in [9.17, 15) is 0 Å².